The molecule has 1 saturated heterocycles. The maximum atomic E-state index is 13.4. The molecule has 2 heterocycles. The number of aromatic nitrogens is 2. The fraction of sp³-hybridized carbons (Fsp3) is 0.364. The number of benzene rings is 2. The van der Waals surface area contributed by atoms with Crippen LogP contribution in [0.3, 0.4) is 0 Å². The number of alkyl halides is 6. The third kappa shape index (κ3) is 5.06. The van der Waals surface area contributed by atoms with Gasteiger partial charge in [-0.1, -0.05) is 6.07 Å². The Labute approximate surface area is 204 Å². The Balaban J connectivity index is 1.36. The van der Waals surface area contributed by atoms with Gasteiger partial charge in [0.05, 0.1) is 23.0 Å². The average molecular weight is 534 g/mol. The number of hydrogen-bond donors (Lipinski definition) is 0. The van der Waals surface area contributed by atoms with Crippen LogP contribution in [0, 0.1) is 0 Å². The van der Waals surface area contributed by atoms with E-state index in [0.29, 0.717) is 24.9 Å². The van der Waals surface area contributed by atoms with E-state index in [4.69, 9.17) is 4.18 Å². The highest BCUT2D eigenvalue weighted by Crippen LogP contribution is 2.45. The number of rotatable bonds is 4. The second-order valence-corrected chi connectivity index (χ2v) is 10.1. The Morgan fingerprint density at radius 3 is 2.60 bits per heavy atom. The first kappa shape index (κ1) is 24.2. The molecule has 0 saturated carbocycles. The molecule has 0 bridgehead atoms. The summed E-state index contributed by atoms with van der Waals surface area (Å²) in [5.74, 6) is -0.183. The lowest BCUT2D eigenvalue weighted by Crippen LogP contribution is -2.46. The summed E-state index contributed by atoms with van der Waals surface area (Å²) in [5.41, 5.74) is -6.30. The molecular weight excluding hydrogens is 516 g/mol. The number of likely N-dealkylation sites (tertiary alicyclic amines) is 1. The van der Waals surface area contributed by atoms with E-state index in [2.05, 4.69) is 4.98 Å². The zero-order valence-corrected chi connectivity index (χ0v) is 19.4. The molecule has 1 aliphatic heterocycles. The van der Waals surface area contributed by atoms with Crippen molar-refractivity contribution < 1.29 is 35.3 Å². The number of hydrogen-bond acceptors (Lipinski definition) is 5. The molecule has 1 fully saturated rings. The van der Waals surface area contributed by atoms with Crippen LogP contribution in [-0.4, -0.2) is 43.4 Å². The largest absolute Gasteiger partial charge is 0.479 e. The van der Waals surface area contributed by atoms with Crippen LogP contribution in [0.25, 0.3) is 11.0 Å². The van der Waals surface area contributed by atoms with E-state index < -0.39 is 23.1 Å². The van der Waals surface area contributed by atoms with Crippen molar-refractivity contribution in [3.63, 3.8) is 0 Å². The highest BCUT2D eigenvalue weighted by Gasteiger charge is 2.41. The minimum Gasteiger partial charge on any atom is -0.417 e. The molecular formula is C22H17F6N3O2S2. The Kier molecular flexibility index (Phi) is 6.10. The zero-order valence-electron chi connectivity index (χ0n) is 17.8. The van der Waals surface area contributed by atoms with E-state index in [9.17, 15) is 31.1 Å². The Morgan fingerprint density at radius 1 is 1.06 bits per heavy atom. The average Bonchev–Trinajstić information content (AvgIpc) is 3.36. The second kappa shape index (κ2) is 8.84. The summed E-state index contributed by atoms with van der Waals surface area (Å²) in [7, 11) is 0. The lowest BCUT2D eigenvalue weighted by Gasteiger charge is -2.38. The molecule has 13 heteroatoms. The van der Waals surface area contributed by atoms with Crippen molar-refractivity contribution in [3.8, 4) is 5.75 Å². The van der Waals surface area contributed by atoms with E-state index in [0.717, 1.165) is 27.8 Å². The van der Waals surface area contributed by atoms with Gasteiger partial charge in [-0.25, -0.2) is 4.98 Å². The maximum Gasteiger partial charge on any atom is 0.479 e. The fourth-order valence-corrected chi connectivity index (χ4v) is 5.74. The maximum absolute atomic E-state index is 13.4. The first-order valence-corrected chi connectivity index (χ1v) is 12.1. The molecule has 5 nitrogen and oxygen atoms in total. The lowest BCUT2D eigenvalue weighted by atomic mass is 9.88. The van der Waals surface area contributed by atoms with Gasteiger partial charge in [-0.2, -0.15) is 26.3 Å². The number of halogens is 6. The molecule has 3 aromatic rings. The van der Waals surface area contributed by atoms with Crippen LogP contribution < -0.4 is 4.18 Å². The lowest BCUT2D eigenvalue weighted by molar-refractivity contribution is -0.0371. The van der Waals surface area contributed by atoms with Gasteiger partial charge in [-0.3, -0.25) is 8.77 Å². The Hall–Kier alpha value is -2.54. The molecule has 0 unspecified atom stereocenters. The Bertz CT molecular complexity index is 1280. The van der Waals surface area contributed by atoms with E-state index in [-0.39, 0.29) is 46.6 Å². The van der Waals surface area contributed by atoms with Crippen molar-refractivity contribution in [1.29, 1.82) is 0 Å². The third-order valence-electron chi connectivity index (χ3n) is 6.18. The van der Waals surface area contributed by atoms with Gasteiger partial charge in [0.15, 0.2) is 12.0 Å². The fourth-order valence-electron chi connectivity index (χ4n) is 4.87. The summed E-state index contributed by atoms with van der Waals surface area (Å²) in [6.45, 7) is 0.512. The van der Waals surface area contributed by atoms with Gasteiger partial charge in [0.25, 0.3) is 5.91 Å². The van der Waals surface area contributed by atoms with Crippen LogP contribution >= 0.6 is 24.0 Å². The first-order chi connectivity index (χ1) is 16.5. The summed E-state index contributed by atoms with van der Waals surface area (Å²) >= 11 is -0.891. The van der Waals surface area contributed by atoms with E-state index in [1.807, 2.05) is 0 Å². The predicted octanol–water partition coefficient (Wildman–Crippen LogP) is 6.54. The molecule has 1 aromatic heterocycles. The number of fused-ring (bicyclic) bond motifs is 4. The molecule has 2 aromatic carbocycles. The standard InChI is InChI=1S/C22H17F6N3O2S2/c23-21(24,25)34-31-11-29-17-8-13(4-6-18(17)31)20(32)30-7-1-2-15-16-10-14(33-35-22(26,27)28)5-3-12(16)9-19(15)30/h3-6,8,10-11,15,19H,1-2,7,9H2/t15-,19+/m1/s1. The predicted molar refractivity (Wildman–Crippen MR) is 120 cm³/mol. The zero-order chi connectivity index (χ0) is 25.0. The molecule has 2 atom stereocenters. The molecule has 186 valence electrons. The van der Waals surface area contributed by atoms with Crippen LogP contribution in [0.1, 0.15) is 40.2 Å². The monoisotopic (exact) mass is 533 g/mol. The number of carbonyl (C=O) groups is 1. The van der Waals surface area contributed by atoms with Gasteiger partial charge in [0, 0.05) is 24.1 Å². The summed E-state index contributed by atoms with van der Waals surface area (Å²) in [5, 5.41) is 0. The van der Waals surface area contributed by atoms with Crippen LogP contribution in [-0.2, 0) is 6.42 Å². The minimum atomic E-state index is -4.52. The van der Waals surface area contributed by atoms with E-state index >= 15 is 0 Å². The normalized spacial score (nSPS) is 20.1. The van der Waals surface area contributed by atoms with Crippen LogP contribution in [0.5, 0.6) is 5.75 Å². The SMILES string of the molecule is O=C(c1ccc2c(c1)ncn2SC(F)(F)F)N1CCC[C@@H]2c3cc(OSC(F)(F)F)ccc3C[C@@H]21. The topological polar surface area (TPSA) is 47.4 Å². The molecule has 35 heavy (non-hydrogen) atoms. The Morgan fingerprint density at radius 2 is 1.86 bits per heavy atom. The van der Waals surface area contributed by atoms with Crippen LogP contribution in [0.4, 0.5) is 26.3 Å². The number of carbonyl (C=O) groups excluding carboxylic acids is 1. The van der Waals surface area contributed by atoms with Crippen molar-refractivity contribution in [2.24, 2.45) is 0 Å². The van der Waals surface area contributed by atoms with Gasteiger partial charge in [-0.05, 0) is 60.7 Å². The van der Waals surface area contributed by atoms with Gasteiger partial charge in [0.2, 0.25) is 0 Å². The molecule has 1 aliphatic carbocycles. The first-order valence-electron chi connectivity index (χ1n) is 10.6. The minimum absolute atomic E-state index is 0.0340. The smallest absolute Gasteiger partial charge is 0.417 e. The highest BCUT2D eigenvalue weighted by atomic mass is 32.2. The molecule has 0 N–H and O–H groups in total. The summed E-state index contributed by atoms with van der Waals surface area (Å²) in [4.78, 5) is 19.2. The summed E-state index contributed by atoms with van der Waals surface area (Å²) < 4.78 is 81.5. The van der Waals surface area contributed by atoms with Gasteiger partial charge >= 0.3 is 11.0 Å². The third-order valence-corrected chi connectivity index (χ3v) is 7.34. The summed E-state index contributed by atoms with van der Waals surface area (Å²) in [6, 6.07) is 9.10. The molecule has 2 aliphatic rings. The van der Waals surface area contributed by atoms with Crippen molar-refractivity contribution >= 4 is 40.9 Å². The van der Waals surface area contributed by atoms with Crippen LogP contribution in [0.15, 0.2) is 42.7 Å². The van der Waals surface area contributed by atoms with E-state index in [1.165, 1.54) is 24.3 Å². The molecule has 1 amide bonds. The molecule has 5 rings (SSSR count). The van der Waals surface area contributed by atoms with Gasteiger partial charge in [-0.15, -0.1) is 0 Å². The second-order valence-electron chi connectivity index (χ2n) is 8.30. The molecule has 0 spiro atoms. The van der Waals surface area contributed by atoms with Crippen molar-refractivity contribution in [1.82, 2.24) is 13.9 Å². The number of nitrogens with zero attached hydrogens (tertiary/aromatic N) is 3. The molecule has 0 radical (unpaired) electrons. The van der Waals surface area contributed by atoms with E-state index in [1.54, 1.807) is 17.0 Å². The summed E-state index contributed by atoms with van der Waals surface area (Å²) in [6.07, 6.45) is 3.14. The van der Waals surface area contributed by atoms with Crippen molar-refractivity contribution in [3.05, 3.63) is 59.4 Å². The van der Waals surface area contributed by atoms with Crippen molar-refractivity contribution in [2.75, 3.05) is 6.54 Å². The number of imidazole rings is 1. The number of amides is 1. The quantitative estimate of drug-likeness (QED) is 0.282. The highest BCUT2D eigenvalue weighted by molar-refractivity contribution is 7.98. The van der Waals surface area contributed by atoms with Crippen LogP contribution in [0.2, 0.25) is 0 Å². The van der Waals surface area contributed by atoms with Gasteiger partial charge < -0.3 is 9.08 Å². The number of piperidine rings is 1. The van der Waals surface area contributed by atoms with Crippen molar-refractivity contribution in [2.45, 2.75) is 42.2 Å². The van der Waals surface area contributed by atoms with Gasteiger partial charge in [0.1, 0.15) is 12.1 Å².